The van der Waals surface area contributed by atoms with Gasteiger partial charge in [-0.05, 0) is 43.4 Å². The van der Waals surface area contributed by atoms with Crippen LogP contribution in [0.3, 0.4) is 0 Å². The number of nitrogens with one attached hydrogen (secondary N) is 1. The van der Waals surface area contributed by atoms with Crippen molar-refractivity contribution >= 4 is 34.6 Å². The second-order valence-electron chi connectivity index (χ2n) is 6.32. The summed E-state index contributed by atoms with van der Waals surface area (Å²) >= 11 is 7.10. The number of rotatable bonds is 7. The van der Waals surface area contributed by atoms with E-state index in [4.69, 9.17) is 11.6 Å². The lowest BCUT2D eigenvalue weighted by Gasteiger charge is -2.19. The Morgan fingerprint density at radius 3 is 2.46 bits per heavy atom. The molecule has 0 spiro atoms. The van der Waals surface area contributed by atoms with Gasteiger partial charge < -0.3 is 5.32 Å². The lowest BCUT2D eigenvalue weighted by atomic mass is 10.0. The first kappa shape index (κ1) is 17.2. The molecular formula is C19H20ClNO2S. The van der Waals surface area contributed by atoms with Gasteiger partial charge in [0.15, 0.2) is 5.78 Å². The molecule has 1 aliphatic carbocycles. The molecule has 5 heteroatoms. The van der Waals surface area contributed by atoms with Crippen LogP contribution in [0.5, 0.6) is 0 Å². The summed E-state index contributed by atoms with van der Waals surface area (Å²) in [4.78, 5) is 25.0. The number of hydrogen-bond acceptors (Lipinski definition) is 3. The van der Waals surface area contributed by atoms with Gasteiger partial charge in [0.25, 0.3) is 0 Å². The number of aryl methyl sites for hydroxylation is 1. The van der Waals surface area contributed by atoms with Gasteiger partial charge in [-0.25, -0.2) is 0 Å². The fourth-order valence-corrected chi connectivity index (χ4v) is 3.75. The van der Waals surface area contributed by atoms with E-state index < -0.39 is 0 Å². The standard InChI is InChI=1S/C19H20ClNO2S/c1-12-2-4-13(5-3-12)19(14-6-7-14)21-18(23)11-8-15(22)16-9-10-17(20)24-16/h2-5,9-10,14,19H,6-8,11H2,1H3,(H,21,23). The molecule has 0 bridgehead atoms. The highest BCUT2D eigenvalue weighted by atomic mass is 35.5. The number of benzene rings is 1. The van der Waals surface area contributed by atoms with Gasteiger partial charge in [0.2, 0.25) is 5.91 Å². The van der Waals surface area contributed by atoms with Gasteiger partial charge in [0, 0.05) is 12.8 Å². The maximum Gasteiger partial charge on any atom is 0.220 e. The first-order chi connectivity index (χ1) is 11.5. The molecule has 1 aromatic heterocycles. The Bertz CT molecular complexity index is 734. The Kier molecular flexibility index (Phi) is 5.36. The summed E-state index contributed by atoms with van der Waals surface area (Å²) in [6.07, 6.45) is 2.72. The zero-order valence-corrected chi connectivity index (χ0v) is 15.1. The number of Topliss-reactive ketones (excluding diaryl/α,β-unsaturated/α-hetero) is 1. The van der Waals surface area contributed by atoms with E-state index in [0.717, 1.165) is 18.4 Å². The second-order valence-corrected chi connectivity index (χ2v) is 8.04. The molecule has 1 unspecified atom stereocenters. The van der Waals surface area contributed by atoms with Crippen LogP contribution in [-0.2, 0) is 4.79 Å². The smallest absolute Gasteiger partial charge is 0.220 e. The molecule has 1 fully saturated rings. The van der Waals surface area contributed by atoms with Crippen LogP contribution in [0, 0.1) is 12.8 Å². The molecule has 0 saturated heterocycles. The number of amides is 1. The van der Waals surface area contributed by atoms with Gasteiger partial charge in [0.1, 0.15) is 0 Å². The summed E-state index contributed by atoms with van der Waals surface area (Å²) in [5.74, 6) is 0.423. The highest BCUT2D eigenvalue weighted by molar-refractivity contribution is 7.18. The van der Waals surface area contributed by atoms with Crippen molar-refractivity contribution in [2.75, 3.05) is 0 Å². The van der Waals surface area contributed by atoms with Crippen molar-refractivity contribution < 1.29 is 9.59 Å². The van der Waals surface area contributed by atoms with E-state index in [-0.39, 0.29) is 30.6 Å². The van der Waals surface area contributed by atoms with Crippen LogP contribution in [0.4, 0.5) is 0 Å². The predicted molar refractivity (Wildman–Crippen MR) is 97.7 cm³/mol. The van der Waals surface area contributed by atoms with E-state index in [2.05, 4.69) is 36.5 Å². The summed E-state index contributed by atoms with van der Waals surface area (Å²) in [5, 5.41) is 3.11. The molecule has 1 N–H and O–H groups in total. The third kappa shape index (κ3) is 4.46. The molecule has 1 aliphatic rings. The van der Waals surface area contributed by atoms with Gasteiger partial charge in [-0.3, -0.25) is 9.59 Å². The van der Waals surface area contributed by atoms with Crippen LogP contribution in [-0.4, -0.2) is 11.7 Å². The molecular weight excluding hydrogens is 342 g/mol. The molecule has 3 nitrogen and oxygen atoms in total. The van der Waals surface area contributed by atoms with Crippen LogP contribution in [0.25, 0.3) is 0 Å². The first-order valence-corrected chi connectivity index (χ1v) is 9.37. The molecule has 1 amide bonds. The first-order valence-electron chi connectivity index (χ1n) is 8.17. The average Bonchev–Trinajstić information content (AvgIpc) is 3.32. The Hall–Kier alpha value is -1.65. The molecule has 126 valence electrons. The molecule has 1 saturated carbocycles. The number of carbonyl (C=O) groups is 2. The lowest BCUT2D eigenvalue weighted by Crippen LogP contribution is -2.30. The predicted octanol–water partition coefficient (Wildman–Crippen LogP) is 4.94. The molecule has 1 aromatic carbocycles. The SMILES string of the molecule is Cc1ccc(C(NC(=O)CCC(=O)c2ccc(Cl)s2)C2CC2)cc1. The molecule has 3 rings (SSSR count). The van der Waals surface area contributed by atoms with E-state index in [9.17, 15) is 9.59 Å². The zero-order chi connectivity index (χ0) is 17.1. The minimum Gasteiger partial charge on any atom is -0.349 e. The fourth-order valence-electron chi connectivity index (χ4n) is 2.74. The van der Waals surface area contributed by atoms with Crippen LogP contribution >= 0.6 is 22.9 Å². The quantitative estimate of drug-likeness (QED) is 0.710. The Morgan fingerprint density at radius 2 is 1.88 bits per heavy atom. The molecule has 2 aromatic rings. The molecule has 24 heavy (non-hydrogen) atoms. The minimum absolute atomic E-state index is 0.0274. The Balaban J connectivity index is 1.56. The molecule has 0 aliphatic heterocycles. The third-order valence-electron chi connectivity index (χ3n) is 4.27. The van der Waals surface area contributed by atoms with Crippen molar-refractivity contribution in [1.29, 1.82) is 0 Å². The van der Waals surface area contributed by atoms with Crippen molar-refractivity contribution in [3.63, 3.8) is 0 Å². The maximum atomic E-state index is 12.3. The number of halogens is 1. The van der Waals surface area contributed by atoms with Gasteiger partial charge in [-0.1, -0.05) is 41.4 Å². The van der Waals surface area contributed by atoms with Crippen LogP contribution in [0.15, 0.2) is 36.4 Å². The summed E-state index contributed by atoms with van der Waals surface area (Å²) < 4.78 is 0.593. The van der Waals surface area contributed by atoms with E-state index in [1.807, 2.05) is 0 Å². The zero-order valence-electron chi connectivity index (χ0n) is 13.5. The van der Waals surface area contributed by atoms with Crippen molar-refractivity contribution in [2.45, 2.75) is 38.6 Å². The minimum atomic E-state index is -0.0662. The van der Waals surface area contributed by atoms with E-state index in [1.165, 1.54) is 16.9 Å². The number of thiophene rings is 1. The van der Waals surface area contributed by atoms with Crippen molar-refractivity contribution in [1.82, 2.24) is 5.32 Å². The van der Waals surface area contributed by atoms with E-state index in [1.54, 1.807) is 12.1 Å². The Morgan fingerprint density at radius 1 is 1.17 bits per heavy atom. The summed E-state index contributed by atoms with van der Waals surface area (Å²) in [6.45, 7) is 2.05. The van der Waals surface area contributed by atoms with Crippen molar-refractivity contribution in [3.8, 4) is 0 Å². The summed E-state index contributed by atoms with van der Waals surface area (Å²) in [6, 6.07) is 11.8. The molecule has 0 radical (unpaired) electrons. The normalized spacial score (nSPS) is 15.1. The Labute approximate surface area is 151 Å². The third-order valence-corrected chi connectivity index (χ3v) is 5.55. The lowest BCUT2D eigenvalue weighted by molar-refractivity contribution is -0.122. The van der Waals surface area contributed by atoms with E-state index in [0.29, 0.717) is 15.1 Å². The van der Waals surface area contributed by atoms with Gasteiger partial charge in [0.05, 0.1) is 15.3 Å². The van der Waals surface area contributed by atoms with Crippen LogP contribution in [0.1, 0.15) is 52.5 Å². The monoisotopic (exact) mass is 361 g/mol. The summed E-state index contributed by atoms with van der Waals surface area (Å²) in [7, 11) is 0. The highest BCUT2D eigenvalue weighted by Crippen LogP contribution is 2.41. The van der Waals surface area contributed by atoms with Gasteiger partial charge in [-0.2, -0.15) is 0 Å². The van der Waals surface area contributed by atoms with Crippen LogP contribution in [0.2, 0.25) is 4.34 Å². The van der Waals surface area contributed by atoms with E-state index >= 15 is 0 Å². The van der Waals surface area contributed by atoms with Gasteiger partial charge >= 0.3 is 0 Å². The fraction of sp³-hybridized carbons (Fsp3) is 0.368. The van der Waals surface area contributed by atoms with Gasteiger partial charge in [-0.15, -0.1) is 11.3 Å². The number of carbonyl (C=O) groups excluding carboxylic acids is 2. The largest absolute Gasteiger partial charge is 0.349 e. The molecule has 1 atom stereocenters. The number of ketones is 1. The topological polar surface area (TPSA) is 46.2 Å². The highest BCUT2D eigenvalue weighted by Gasteiger charge is 2.33. The van der Waals surface area contributed by atoms with Crippen molar-refractivity contribution in [2.24, 2.45) is 5.92 Å². The number of hydrogen-bond donors (Lipinski definition) is 1. The maximum absolute atomic E-state index is 12.3. The van der Waals surface area contributed by atoms with Crippen LogP contribution < -0.4 is 5.32 Å². The van der Waals surface area contributed by atoms with Crippen molar-refractivity contribution in [3.05, 3.63) is 56.7 Å². The summed E-state index contributed by atoms with van der Waals surface area (Å²) in [5.41, 5.74) is 2.35. The second kappa shape index (κ2) is 7.49. The molecule has 1 heterocycles. The average molecular weight is 362 g/mol.